The normalized spacial score (nSPS) is 14.1. The number of hydrogen-bond acceptors (Lipinski definition) is 6. The van der Waals surface area contributed by atoms with E-state index in [1.807, 2.05) is 28.1 Å². The number of unbranched alkanes of at least 4 members (excludes halogenated alkanes) is 18. The van der Waals surface area contributed by atoms with Crippen molar-refractivity contribution in [1.29, 1.82) is 0 Å². The van der Waals surface area contributed by atoms with E-state index in [1.165, 1.54) is 103 Å². The first-order valence-corrected chi connectivity index (χ1v) is 18.8. The van der Waals surface area contributed by atoms with Crippen molar-refractivity contribution in [1.82, 2.24) is 0 Å². The van der Waals surface area contributed by atoms with Crippen LogP contribution in [0.5, 0.6) is 0 Å². The van der Waals surface area contributed by atoms with Crippen LogP contribution in [-0.4, -0.2) is 75.6 Å². The number of carbonyl (C=O) groups is 1. The van der Waals surface area contributed by atoms with E-state index in [0.29, 0.717) is 24.1 Å². The van der Waals surface area contributed by atoms with Gasteiger partial charge in [0.05, 0.1) is 34.4 Å². The number of likely N-dealkylation sites (N-methyl/N-ethyl adjacent to an activating group) is 1. The molecule has 0 bridgehead atoms. The van der Waals surface area contributed by atoms with Crippen molar-refractivity contribution < 1.29 is 37.3 Å². The molecule has 0 aliphatic rings. The van der Waals surface area contributed by atoms with Gasteiger partial charge in [0.25, 0.3) is 0 Å². The highest BCUT2D eigenvalue weighted by Gasteiger charge is 2.26. The first-order valence-electron chi connectivity index (χ1n) is 17.3. The smallest absolute Gasteiger partial charge is 0.457 e. The van der Waals surface area contributed by atoms with Gasteiger partial charge in [-0.25, -0.2) is 4.57 Å². The molecule has 2 atom stereocenters. The SMILES string of the molecule is CCCCCCCCCCCCCCCCCCCCOCC(COP(=O)(O)OCC[N+](C)(C)C)OC(=O)CCCC. The zero-order valence-corrected chi connectivity index (χ0v) is 29.1. The van der Waals surface area contributed by atoms with Crippen molar-refractivity contribution in [2.75, 3.05) is 54.1 Å². The monoisotopic (exact) mass is 622 g/mol. The Morgan fingerprint density at radius 1 is 0.643 bits per heavy atom. The molecule has 8 nitrogen and oxygen atoms in total. The summed E-state index contributed by atoms with van der Waals surface area (Å²) in [4.78, 5) is 22.1. The van der Waals surface area contributed by atoms with Crippen LogP contribution < -0.4 is 0 Å². The van der Waals surface area contributed by atoms with Gasteiger partial charge in [-0.3, -0.25) is 13.8 Å². The minimum Gasteiger partial charge on any atom is -0.457 e. The number of rotatable bonds is 32. The molecule has 0 spiro atoms. The Morgan fingerprint density at radius 3 is 1.55 bits per heavy atom. The average Bonchev–Trinajstić information content (AvgIpc) is 2.92. The van der Waals surface area contributed by atoms with Crippen LogP contribution in [-0.2, 0) is 27.9 Å². The number of ether oxygens (including phenoxy) is 2. The standard InChI is InChI=1S/C33H68NO7P/c1-6-8-10-11-12-13-14-15-16-17-18-19-20-21-22-23-24-25-28-38-30-32(41-33(35)26-9-7-2)31-40-42(36,37)39-29-27-34(3,4)5/h32H,6-31H2,1-5H3/p+1. The molecule has 0 saturated carbocycles. The molecule has 1 N–H and O–H groups in total. The molecule has 0 aromatic rings. The number of esters is 1. The Morgan fingerprint density at radius 2 is 1.10 bits per heavy atom. The second kappa shape index (κ2) is 28.0. The molecule has 42 heavy (non-hydrogen) atoms. The molecule has 0 radical (unpaired) electrons. The summed E-state index contributed by atoms with van der Waals surface area (Å²) >= 11 is 0. The molecular formula is C33H69NO7P+. The molecule has 0 saturated heterocycles. The summed E-state index contributed by atoms with van der Waals surface area (Å²) < 4.78 is 34.3. The van der Waals surface area contributed by atoms with Gasteiger partial charge in [-0.1, -0.05) is 129 Å². The predicted molar refractivity (Wildman–Crippen MR) is 174 cm³/mol. The van der Waals surface area contributed by atoms with Crippen molar-refractivity contribution in [2.45, 2.75) is 155 Å². The van der Waals surface area contributed by atoms with E-state index in [2.05, 4.69) is 6.92 Å². The summed E-state index contributed by atoms with van der Waals surface area (Å²) in [7, 11) is 1.67. The second-order valence-corrected chi connectivity index (χ2v) is 14.4. The zero-order chi connectivity index (χ0) is 31.4. The van der Waals surface area contributed by atoms with E-state index in [1.54, 1.807) is 0 Å². The molecule has 0 fully saturated rings. The first kappa shape index (κ1) is 41.5. The topological polar surface area (TPSA) is 91.3 Å². The molecule has 0 aromatic carbocycles. The zero-order valence-electron chi connectivity index (χ0n) is 28.3. The van der Waals surface area contributed by atoms with Crippen LogP contribution in [0.25, 0.3) is 0 Å². The third-order valence-electron chi connectivity index (χ3n) is 7.42. The number of carbonyl (C=O) groups excluding carboxylic acids is 1. The Balaban J connectivity index is 3.89. The van der Waals surface area contributed by atoms with Gasteiger partial charge in [-0.15, -0.1) is 0 Å². The van der Waals surface area contributed by atoms with Gasteiger partial charge in [0.2, 0.25) is 0 Å². The van der Waals surface area contributed by atoms with Crippen LogP contribution >= 0.6 is 7.82 Å². The fourth-order valence-electron chi connectivity index (χ4n) is 4.65. The Hall–Kier alpha value is -0.500. The summed E-state index contributed by atoms with van der Waals surface area (Å²) in [6.07, 6.45) is 25.2. The molecule has 0 aliphatic heterocycles. The van der Waals surface area contributed by atoms with Crippen LogP contribution in [0.3, 0.4) is 0 Å². The van der Waals surface area contributed by atoms with E-state index in [-0.39, 0.29) is 25.8 Å². The van der Waals surface area contributed by atoms with Gasteiger partial charge in [-0.2, -0.15) is 0 Å². The molecule has 0 aliphatic carbocycles. The maximum absolute atomic E-state index is 12.2. The maximum Gasteiger partial charge on any atom is 0.472 e. The Kier molecular flexibility index (Phi) is 27.7. The third kappa shape index (κ3) is 30.9. The number of phosphoric ester groups is 1. The second-order valence-electron chi connectivity index (χ2n) is 12.9. The van der Waals surface area contributed by atoms with E-state index in [4.69, 9.17) is 18.5 Å². The summed E-state index contributed by atoms with van der Waals surface area (Å²) in [5.74, 6) is -0.346. The highest BCUT2D eigenvalue weighted by molar-refractivity contribution is 7.47. The summed E-state index contributed by atoms with van der Waals surface area (Å²) in [6, 6.07) is 0. The average molecular weight is 623 g/mol. The molecule has 0 aromatic heterocycles. The van der Waals surface area contributed by atoms with Crippen LogP contribution in [0.1, 0.15) is 149 Å². The van der Waals surface area contributed by atoms with Crippen LogP contribution in [0, 0.1) is 0 Å². The van der Waals surface area contributed by atoms with E-state index in [9.17, 15) is 14.3 Å². The van der Waals surface area contributed by atoms with Crippen molar-refractivity contribution in [2.24, 2.45) is 0 Å². The molecule has 9 heteroatoms. The fraction of sp³-hybridized carbons (Fsp3) is 0.970. The van der Waals surface area contributed by atoms with Crippen molar-refractivity contribution >= 4 is 13.8 Å². The lowest BCUT2D eigenvalue weighted by Gasteiger charge is -2.24. The van der Waals surface area contributed by atoms with Crippen molar-refractivity contribution in [3.63, 3.8) is 0 Å². The summed E-state index contributed by atoms with van der Waals surface area (Å²) in [5, 5.41) is 0. The molecule has 0 amide bonds. The molecule has 2 unspecified atom stereocenters. The van der Waals surface area contributed by atoms with Crippen molar-refractivity contribution in [3.8, 4) is 0 Å². The van der Waals surface area contributed by atoms with Crippen molar-refractivity contribution in [3.05, 3.63) is 0 Å². The summed E-state index contributed by atoms with van der Waals surface area (Å²) in [6.45, 7) is 5.40. The van der Waals surface area contributed by atoms with Gasteiger partial charge in [-0.05, 0) is 12.8 Å². The highest BCUT2D eigenvalue weighted by atomic mass is 31.2. The lowest BCUT2D eigenvalue weighted by Crippen LogP contribution is -2.37. The largest absolute Gasteiger partial charge is 0.472 e. The molecule has 0 rings (SSSR count). The van der Waals surface area contributed by atoms with Gasteiger partial charge in [0, 0.05) is 13.0 Å². The highest BCUT2D eigenvalue weighted by Crippen LogP contribution is 2.43. The molecule has 0 heterocycles. The van der Waals surface area contributed by atoms with Crippen LogP contribution in [0.4, 0.5) is 0 Å². The quantitative estimate of drug-likeness (QED) is 0.0346. The lowest BCUT2D eigenvalue weighted by atomic mass is 10.0. The minimum absolute atomic E-state index is 0.0914. The number of quaternary nitrogens is 1. The van der Waals surface area contributed by atoms with Crippen LogP contribution in [0.2, 0.25) is 0 Å². The number of nitrogens with zero attached hydrogens (tertiary/aromatic N) is 1. The Labute approximate surface area is 259 Å². The summed E-state index contributed by atoms with van der Waals surface area (Å²) in [5.41, 5.74) is 0. The fourth-order valence-corrected chi connectivity index (χ4v) is 5.39. The Bertz CT molecular complexity index is 657. The molecule has 252 valence electrons. The van der Waals surface area contributed by atoms with Gasteiger partial charge in [0.1, 0.15) is 19.3 Å². The minimum atomic E-state index is -4.23. The van der Waals surface area contributed by atoms with Gasteiger partial charge < -0.3 is 18.9 Å². The third-order valence-corrected chi connectivity index (χ3v) is 8.40. The number of hydrogen-bond donors (Lipinski definition) is 1. The van der Waals surface area contributed by atoms with E-state index >= 15 is 0 Å². The van der Waals surface area contributed by atoms with Gasteiger partial charge in [0.15, 0.2) is 0 Å². The number of phosphoric acid groups is 1. The molecular weight excluding hydrogens is 553 g/mol. The van der Waals surface area contributed by atoms with E-state index < -0.39 is 13.9 Å². The van der Waals surface area contributed by atoms with E-state index in [0.717, 1.165) is 25.7 Å². The van der Waals surface area contributed by atoms with Gasteiger partial charge >= 0.3 is 13.8 Å². The van der Waals surface area contributed by atoms with Crippen LogP contribution in [0.15, 0.2) is 0 Å². The first-order chi connectivity index (χ1) is 20.1. The maximum atomic E-state index is 12.2. The predicted octanol–water partition coefficient (Wildman–Crippen LogP) is 8.99. The lowest BCUT2D eigenvalue weighted by molar-refractivity contribution is -0.870.